The lowest BCUT2D eigenvalue weighted by Gasteiger charge is -2.61. The van der Waals surface area contributed by atoms with Crippen LogP contribution in [0.3, 0.4) is 0 Å². The fourth-order valence-electron chi connectivity index (χ4n) is 8.97. The van der Waals surface area contributed by atoms with Gasteiger partial charge < -0.3 is 5.11 Å². The first kappa shape index (κ1) is 22.0. The van der Waals surface area contributed by atoms with Gasteiger partial charge in [0.1, 0.15) is 11.6 Å². The topological polar surface area (TPSA) is 71.4 Å². The minimum Gasteiger partial charge on any atom is -0.481 e. The van der Waals surface area contributed by atoms with Crippen molar-refractivity contribution in [2.45, 2.75) is 91.9 Å². The van der Waals surface area contributed by atoms with E-state index in [-0.39, 0.29) is 35.0 Å². The number of carbonyl (C=O) groups is 3. The highest BCUT2D eigenvalue weighted by atomic mass is 16.4. The van der Waals surface area contributed by atoms with Crippen LogP contribution in [0.5, 0.6) is 0 Å². The lowest BCUT2D eigenvalue weighted by atomic mass is 9.42. The van der Waals surface area contributed by atoms with Crippen LogP contribution in [-0.4, -0.2) is 22.6 Å². The van der Waals surface area contributed by atoms with Crippen molar-refractivity contribution < 1.29 is 19.5 Å². The molecule has 4 heteroatoms. The van der Waals surface area contributed by atoms with Gasteiger partial charge in [0.05, 0.1) is 0 Å². The molecule has 0 amide bonds. The van der Waals surface area contributed by atoms with Gasteiger partial charge in [-0.3, -0.25) is 14.4 Å². The third-order valence-electron chi connectivity index (χ3n) is 10.5. The van der Waals surface area contributed by atoms with Crippen molar-refractivity contribution >= 4 is 17.5 Å². The van der Waals surface area contributed by atoms with Gasteiger partial charge in [0.25, 0.3) is 0 Å². The highest BCUT2D eigenvalue weighted by Crippen LogP contribution is 2.68. The fraction of sp³-hybridized carbons (Fsp3) is 0.885. The van der Waals surface area contributed by atoms with Gasteiger partial charge in [-0.2, -0.15) is 0 Å². The van der Waals surface area contributed by atoms with Crippen LogP contribution in [0.2, 0.25) is 0 Å². The summed E-state index contributed by atoms with van der Waals surface area (Å²) in [5, 5.41) is 9.14. The second-order valence-electron chi connectivity index (χ2n) is 11.6. The van der Waals surface area contributed by atoms with E-state index in [4.69, 9.17) is 5.11 Å². The Morgan fingerprint density at radius 2 is 1.77 bits per heavy atom. The molecule has 0 spiro atoms. The Hall–Kier alpha value is -1.19. The number of fused-ring (bicyclic) bond motifs is 5. The van der Waals surface area contributed by atoms with Crippen LogP contribution in [-0.2, 0) is 14.4 Å². The Bertz CT molecular complexity index is 729. The van der Waals surface area contributed by atoms with Gasteiger partial charge in [-0.25, -0.2) is 0 Å². The van der Waals surface area contributed by atoms with E-state index in [0.717, 1.165) is 44.9 Å². The van der Waals surface area contributed by atoms with Crippen LogP contribution >= 0.6 is 0 Å². The summed E-state index contributed by atoms with van der Waals surface area (Å²) >= 11 is 0. The maximum atomic E-state index is 13.9. The number of carboxylic acids is 1. The highest BCUT2D eigenvalue weighted by molar-refractivity contribution is 5.88. The Balaban J connectivity index is 1.63. The molecule has 9 atom stereocenters. The van der Waals surface area contributed by atoms with Crippen molar-refractivity contribution in [3.63, 3.8) is 0 Å². The summed E-state index contributed by atoms with van der Waals surface area (Å²) in [6, 6.07) is 0. The lowest BCUT2D eigenvalue weighted by molar-refractivity contribution is -0.169. The molecule has 0 aromatic rings. The van der Waals surface area contributed by atoms with Crippen molar-refractivity contribution in [3.05, 3.63) is 0 Å². The first-order chi connectivity index (χ1) is 14.1. The molecular formula is C26H40O4. The van der Waals surface area contributed by atoms with Gasteiger partial charge >= 0.3 is 5.97 Å². The summed E-state index contributed by atoms with van der Waals surface area (Å²) in [5.41, 5.74) is 0.280. The van der Waals surface area contributed by atoms with Crippen molar-refractivity contribution in [1.82, 2.24) is 0 Å². The fourth-order valence-corrected chi connectivity index (χ4v) is 8.97. The number of aliphatic carboxylic acids is 1. The number of hydrogen-bond donors (Lipinski definition) is 1. The first-order valence-electron chi connectivity index (χ1n) is 12.4. The van der Waals surface area contributed by atoms with Gasteiger partial charge in [0.2, 0.25) is 0 Å². The maximum absolute atomic E-state index is 13.9. The van der Waals surface area contributed by atoms with Crippen molar-refractivity contribution in [2.24, 2.45) is 52.3 Å². The molecule has 0 aliphatic heterocycles. The quantitative estimate of drug-likeness (QED) is 0.639. The lowest BCUT2D eigenvalue weighted by Crippen LogP contribution is -2.60. The molecule has 4 rings (SSSR count). The molecular weight excluding hydrogens is 376 g/mol. The van der Waals surface area contributed by atoms with Crippen LogP contribution in [0, 0.1) is 52.3 Å². The van der Waals surface area contributed by atoms with Gasteiger partial charge in [-0.05, 0) is 85.4 Å². The van der Waals surface area contributed by atoms with E-state index >= 15 is 0 Å². The predicted molar refractivity (Wildman–Crippen MR) is 116 cm³/mol. The molecule has 168 valence electrons. The molecule has 0 aromatic heterocycles. The largest absolute Gasteiger partial charge is 0.481 e. The second-order valence-corrected chi connectivity index (χ2v) is 11.6. The van der Waals surface area contributed by atoms with E-state index in [9.17, 15) is 14.4 Å². The van der Waals surface area contributed by atoms with Crippen LogP contribution in [0.4, 0.5) is 0 Å². The Morgan fingerprint density at radius 1 is 1.07 bits per heavy atom. The second kappa shape index (κ2) is 7.74. The SMILES string of the molecule is CC[C@H]1C(=O)C2C3CCC([C@H](C)CCC(=O)O)C3(C)CCC2[C@@]2(C)CCC(=O)CC12. The van der Waals surface area contributed by atoms with E-state index in [0.29, 0.717) is 48.1 Å². The number of hydrogen-bond acceptors (Lipinski definition) is 3. The minimum absolute atomic E-state index is 0.0475. The van der Waals surface area contributed by atoms with Gasteiger partial charge in [-0.15, -0.1) is 0 Å². The molecule has 4 fully saturated rings. The van der Waals surface area contributed by atoms with E-state index < -0.39 is 5.97 Å². The molecule has 4 aliphatic carbocycles. The Kier molecular flexibility index (Phi) is 5.68. The average molecular weight is 417 g/mol. The van der Waals surface area contributed by atoms with Crippen LogP contribution in [0.15, 0.2) is 0 Å². The zero-order chi connectivity index (χ0) is 21.8. The van der Waals surface area contributed by atoms with Crippen LogP contribution in [0.25, 0.3) is 0 Å². The van der Waals surface area contributed by atoms with E-state index in [1.807, 2.05) is 0 Å². The number of rotatable bonds is 5. The smallest absolute Gasteiger partial charge is 0.303 e. The molecule has 6 unspecified atom stereocenters. The van der Waals surface area contributed by atoms with Crippen molar-refractivity contribution in [2.75, 3.05) is 0 Å². The summed E-state index contributed by atoms with van der Waals surface area (Å²) in [5.74, 6) is 2.34. The number of ketones is 2. The van der Waals surface area contributed by atoms with E-state index in [1.165, 1.54) is 0 Å². The van der Waals surface area contributed by atoms with Gasteiger partial charge in [-0.1, -0.05) is 27.7 Å². The Morgan fingerprint density at radius 3 is 2.43 bits per heavy atom. The summed E-state index contributed by atoms with van der Waals surface area (Å²) in [4.78, 5) is 37.3. The molecule has 0 heterocycles. The molecule has 30 heavy (non-hydrogen) atoms. The monoisotopic (exact) mass is 416 g/mol. The molecule has 4 saturated carbocycles. The molecule has 0 bridgehead atoms. The highest BCUT2D eigenvalue weighted by Gasteiger charge is 2.65. The number of Topliss-reactive ketones (excluding diaryl/α,β-unsaturated/α-hetero) is 2. The molecule has 0 aromatic carbocycles. The molecule has 1 N–H and O–H groups in total. The zero-order valence-electron chi connectivity index (χ0n) is 19.3. The summed E-state index contributed by atoms with van der Waals surface area (Å²) in [7, 11) is 0. The average Bonchev–Trinajstić information content (AvgIpc) is 3.05. The number of carbonyl (C=O) groups excluding carboxylic acids is 2. The third kappa shape index (κ3) is 3.19. The molecule has 0 saturated heterocycles. The van der Waals surface area contributed by atoms with E-state index in [1.54, 1.807) is 0 Å². The minimum atomic E-state index is -0.704. The predicted octanol–water partition coefficient (Wildman–Crippen LogP) is 5.53. The van der Waals surface area contributed by atoms with E-state index in [2.05, 4.69) is 27.7 Å². The summed E-state index contributed by atoms with van der Waals surface area (Å²) in [6.07, 6.45) is 8.61. The summed E-state index contributed by atoms with van der Waals surface area (Å²) in [6.45, 7) is 9.18. The maximum Gasteiger partial charge on any atom is 0.303 e. The normalized spacial score (nSPS) is 46.7. The van der Waals surface area contributed by atoms with Crippen molar-refractivity contribution in [1.29, 1.82) is 0 Å². The number of carboxylic acid groups (broad SMARTS) is 1. The van der Waals surface area contributed by atoms with Gasteiger partial charge in [0.15, 0.2) is 0 Å². The zero-order valence-corrected chi connectivity index (χ0v) is 19.3. The summed E-state index contributed by atoms with van der Waals surface area (Å²) < 4.78 is 0. The Labute approximate surface area is 181 Å². The third-order valence-corrected chi connectivity index (χ3v) is 10.5. The molecule has 4 aliphatic rings. The van der Waals surface area contributed by atoms with Crippen LogP contribution < -0.4 is 0 Å². The first-order valence-corrected chi connectivity index (χ1v) is 12.4. The van der Waals surface area contributed by atoms with Gasteiger partial charge in [0, 0.05) is 31.1 Å². The van der Waals surface area contributed by atoms with Crippen LogP contribution in [0.1, 0.15) is 91.9 Å². The van der Waals surface area contributed by atoms with Crippen molar-refractivity contribution in [3.8, 4) is 0 Å². The molecule has 0 radical (unpaired) electrons. The molecule has 4 nitrogen and oxygen atoms in total. The standard InChI is InChI=1S/C26H40O4/c1-5-17-21-14-16(27)10-12-26(21,4)20-11-13-25(3)18(15(2)6-9-22(28)29)7-8-19(25)23(20)24(17)30/h15,17-21,23H,5-14H2,1-4H3,(H,28,29)/t15-,17-,18?,19?,20?,21?,23?,25?,26-/m1/s1.